The van der Waals surface area contributed by atoms with Gasteiger partial charge in [-0.25, -0.2) is 0 Å². The van der Waals surface area contributed by atoms with Gasteiger partial charge in [0.15, 0.2) is 0 Å². The molecule has 1 aliphatic rings. The van der Waals surface area contributed by atoms with Crippen LogP contribution in [0.4, 0.5) is 0 Å². The SMILES string of the molecule is CCOC(=O)CNC(=O)C1COC(=O)[C@H](C(C)C)N1. The molecule has 0 aliphatic carbocycles. The quantitative estimate of drug-likeness (QED) is 0.637. The van der Waals surface area contributed by atoms with Crippen molar-refractivity contribution in [2.45, 2.75) is 32.9 Å². The molecule has 0 spiro atoms. The zero-order chi connectivity index (χ0) is 14.4. The topological polar surface area (TPSA) is 93.7 Å². The predicted octanol–water partition coefficient (Wildman–Crippen LogP) is -0.795. The number of cyclic esters (lactones) is 1. The fourth-order valence-electron chi connectivity index (χ4n) is 1.70. The average Bonchev–Trinajstić information content (AvgIpc) is 2.36. The van der Waals surface area contributed by atoms with Crippen molar-refractivity contribution in [1.82, 2.24) is 10.6 Å². The number of rotatable bonds is 5. The highest BCUT2D eigenvalue weighted by Crippen LogP contribution is 2.10. The van der Waals surface area contributed by atoms with E-state index in [0.29, 0.717) is 0 Å². The second-order valence-corrected chi connectivity index (χ2v) is 4.59. The van der Waals surface area contributed by atoms with E-state index in [1.54, 1.807) is 6.92 Å². The molecule has 7 nitrogen and oxygen atoms in total. The lowest BCUT2D eigenvalue weighted by Crippen LogP contribution is -2.59. The second kappa shape index (κ2) is 7.08. The Morgan fingerprint density at radius 3 is 2.79 bits per heavy atom. The summed E-state index contributed by atoms with van der Waals surface area (Å²) in [7, 11) is 0. The van der Waals surface area contributed by atoms with Crippen molar-refractivity contribution in [2.24, 2.45) is 5.92 Å². The number of hydrogen-bond donors (Lipinski definition) is 2. The van der Waals surface area contributed by atoms with Gasteiger partial charge in [0.2, 0.25) is 5.91 Å². The van der Waals surface area contributed by atoms with Crippen LogP contribution in [0.5, 0.6) is 0 Å². The molecule has 0 aromatic rings. The Morgan fingerprint density at radius 1 is 1.53 bits per heavy atom. The molecular weight excluding hydrogens is 252 g/mol. The van der Waals surface area contributed by atoms with Gasteiger partial charge in [-0.2, -0.15) is 0 Å². The van der Waals surface area contributed by atoms with Crippen LogP contribution in [0.25, 0.3) is 0 Å². The Balaban J connectivity index is 2.45. The van der Waals surface area contributed by atoms with Crippen LogP contribution in [0.15, 0.2) is 0 Å². The fraction of sp³-hybridized carbons (Fsp3) is 0.750. The third-order valence-electron chi connectivity index (χ3n) is 2.72. The third-order valence-corrected chi connectivity index (χ3v) is 2.72. The molecule has 108 valence electrons. The number of carbonyl (C=O) groups excluding carboxylic acids is 3. The Hall–Kier alpha value is -1.63. The van der Waals surface area contributed by atoms with E-state index < -0.39 is 18.1 Å². The summed E-state index contributed by atoms with van der Waals surface area (Å²) < 4.78 is 9.66. The van der Waals surface area contributed by atoms with Crippen molar-refractivity contribution in [3.05, 3.63) is 0 Å². The number of ether oxygens (including phenoxy) is 2. The van der Waals surface area contributed by atoms with Gasteiger partial charge in [0.1, 0.15) is 25.2 Å². The van der Waals surface area contributed by atoms with Crippen molar-refractivity contribution < 1.29 is 23.9 Å². The summed E-state index contributed by atoms with van der Waals surface area (Å²) in [6, 6.07) is -1.15. The third kappa shape index (κ3) is 4.51. The Bertz CT molecular complexity index is 356. The summed E-state index contributed by atoms with van der Waals surface area (Å²) in [4.78, 5) is 34.4. The number of carbonyl (C=O) groups is 3. The first-order valence-corrected chi connectivity index (χ1v) is 6.31. The minimum absolute atomic E-state index is 0.0214. The maximum Gasteiger partial charge on any atom is 0.325 e. The van der Waals surface area contributed by atoms with Crippen LogP contribution in [0.3, 0.4) is 0 Å². The summed E-state index contributed by atoms with van der Waals surface area (Å²) >= 11 is 0. The molecule has 1 unspecified atom stereocenters. The molecule has 1 rings (SSSR count). The van der Waals surface area contributed by atoms with Crippen LogP contribution in [0.2, 0.25) is 0 Å². The van der Waals surface area contributed by atoms with E-state index in [0.717, 1.165) is 0 Å². The molecule has 0 aromatic carbocycles. The van der Waals surface area contributed by atoms with Crippen LogP contribution >= 0.6 is 0 Å². The molecule has 0 radical (unpaired) electrons. The maximum absolute atomic E-state index is 11.8. The summed E-state index contributed by atoms with van der Waals surface area (Å²) in [5.74, 6) is -1.21. The lowest BCUT2D eigenvalue weighted by atomic mass is 10.0. The van der Waals surface area contributed by atoms with Crippen LogP contribution in [0, 0.1) is 5.92 Å². The van der Waals surface area contributed by atoms with E-state index in [4.69, 9.17) is 9.47 Å². The van der Waals surface area contributed by atoms with Gasteiger partial charge in [-0.3, -0.25) is 19.7 Å². The largest absolute Gasteiger partial charge is 0.465 e. The highest BCUT2D eigenvalue weighted by Gasteiger charge is 2.35. The monoisotopic (exact) mass is 272 g/mol. The molecule has 0 aromatic heterocycles. The maximum atomic E-state index is 11.8. The molecular formula is C12H20N2O5. The molecule has 1 saturated heterocycles. The summed E-state index contributed by atoms with van der Waals surface area (Å²) in [5.41, 5.74) is 0. The molecule has 1 fully saturated rings. The lowest BCUT2D eigenvalue weighted by Gasteiger charge is -2.31. The van der Waals surface area contributed by atoms with Crippen molar-refractivity contribution >= 4 is 17.8 Å². The minimum atomic E-state index is -0.639. The molecule has 2 N–H and O–H groups in total. The number of morpholine rings is 1. The smallest absolute Gasteiger partial charge is 0.325 e. The van der Waals surface area contributed by atoms with E-state index in [1.165, 1.54) is 0 Å². The number of hydrogen-bond acceptors (Lipinski definition) is 6. The number of amides is 1. The van der Waals surface area contributed by atoms with Crippen LogP contribution in [-0.4, -0.2) is 49.7 Å². The van der Waals surface area contributed by atoms with E-state index in [1.807, 2.05) is 13.8 Å². The van der Waals surface area contributed by atoms with Gasteiger partial charge in [-0.1, -0.05) is 13.8 Å². The molecule has 1 aliphatic heterocycles. The van der Waals surface area contributed by atoms with Gasteiger partial charge in [-0.15, -0.1) is 0 Å². The van der Waals surface area contributed by atoms with Crippen molar-refractivity contribution in [2.75, 3.05) is 19.8 Å². The minimum Gasteiger partial charge on any atom is -0.465 e. The normalized spacial score (nSPS) is 22.8. The standard InChI is InChI=1S/C12H20N2O5/c1-4-18-9(15)5-13-11(16)8-6-19-12(17)10(14-8)7(2)3/h7-8,10,14H,4-6H2,1-3H3,(H,13,16)/t8?,10-/m0/s1. The van der Waals surface area contributed by atoms with Crippen LogP contribution in [0.1, 0.15) is 20.8 Å². The number of nitrogens with one attached hydrogen (secondary N) is 2. The molecule has 0 bridgehead atoms. The first kappa shape index (κ1) is 15.4. The van der Waals surface area contributed by atoms with Crippen molar-refractivity contribution in [1.29, 1.82) is 0 Å². The van der Waals surface area contributed by atoms with E-state index in [-0.39, 0.29) is 37.6 Å². The fourth-order valence-corrected chi connectivity index (χ4v) is 1.70. The first-order chi connectivity index (χ1) is 8.95. The number of esters is 2. The van der Waals surface area contributed by atoms with Gasteiger partial charge >= 0.3 is 11.9 Å². The van der Waals surface area contributed by atoms with Gasteiger partial charge < -0.3 is 14.8 Å². The van der Waals surface area contributed by atoms with Crippen LogP contribution < -0.4 is 10.6 Å². The zero-order valence-electron chi connectivity index (χ0n) is 11.4. The van der Waals surface area contributed by atoms with E-state index in [9.17, 15) is 14.4 Å². The highest BCUT2D eigenvalue weighted by molar-refractivity contribution is 5.88. The Labute approximate surface area is 112 Å². The van der Waals surface area contributed by atoms with Gasteiger partial charge in [0, 0.05) is 0 Å². The molecule has 19 heavy (non-hydrogen) atoms. The summed E-state index contributed by atoms with van der Waals surface area (Å²) in [5, 5.41) is 5.36. The van der Waals surface area contributed by atoms with Gasteiger partial charge in [0.25, 0.3) is 0 Å². The van der Waals surface area contributed by atoms with Gasteiger partial charge in [-0.05, 0) is 12.8 Å². The molecule has 0 saturated carbocycles. The Kier molecular flexibility index (Phi) is 5.75. The summed E-state index contributed by atoms with van der Waals surface area (Å²) in [6.07, 6.45) is 0. The first-order valence-electron chi connectivity index (χ1n) is 6.31. The van der Waals surface area contributed by atoms with Crippen LogP contribution in [-0.2, 0) is 23.9 Å². The molecule has 1 heterocycles. The summed E-state index contributed by atoms with van der Waals surface area (Å²) in [6.45, 7) is 5.45. The molecule has 7 heteroatoms. The Morgan fingerprint density at radius 2 is 2.21 bits per heavy atom. The van der Waals surface area contributed by atoms with Crippen molar-refractivity contribution in [3.63, 3.8) is 0 Å². The second-order valence-electron chi connectivity index (χ2n) is 4.59. The lowest BCUT2D eigenvalue weighted by molar-refractivity contribution is -0.155. The van der Waals surface area contributed by atoms with E-state index >= 15 is 0 Å². The molecule has 2 atom stereocenters. The predicted molar refractivity (Wildman–Crippen MR) is 66.2 cm³/mol. The van der Waals surface area contributed by atoms with Gasteiger partial charge in [0.05, 0.1) is 6.61 Å². The average molecular weight is 272 g/mol. The highest BCUT2D eigenvalue weighted by atomic mass is 16.5. The van der Waals surface area contributed by atoms with Crippen molar-refractivity contribution in [3.8, 4) is 0 Å². The van der Waals surface area contributed by atoms with E-state index in [2.05, 4.69) is 10.6 Å². The zero-order valence-corrected chi connectivity index (χ0v) is 11.4. The molecule has 1 amide bonds.